The fourth-order valence-corrected chi connectivity index (χ4v) is 2.21. The van der Waals surface area contributed by atoms with Crippen molar-refractivity contribution in [2.45, 2.75) is 12.5 Å². The van der Waals surface area contributed by atoms with Crippen LogP contribution in [0.15, 0.2) is 35.9 Å². The zero-order chi connectivity index (χ0) is 14.9. The van der Waals surface area contributed by atoms with Crippen LogP contribution < -0.4 is 5.32 Å². The zero-order valence-corrected chi connectivity index (χ0v) is 11.6. The summed E-state index contributed by atoms with van der Waals surface area (Å²) in [6.45, 7) is 5.07. The van der Waals surface area contributed by atoms with Crippen molar-refractivity contribution in [3.8, 4) is 6.07 Å². The summed E-state index contributed by atoms with van der Waals surface area (Å²) in [7, 11) is 0. The van der Waals surface area contributed by atoms with Crippen LogP contribution in [0.3, 0.4) is 0 Å². The van der Waals surface area contributed by atoms with Gasteiger partial charge in [-0.1, -0.05) is 30.3 Å². The third-order valence-electron chi connectivity index (χ3n) is 3.20. The highest BCUT2D eigenvalue weighted by Crippen LogP contribution is 2.29. The highest BCUT2D eigenvalue weighted by molar-refractivity contribution is 6.30. The molecule has 6 heteroatoms. The Morgan fingerprint density at radius 1 is 1.45 bits per heavy atom. The van der Waals surface area contributed by atoms with Gasteiger partial charge in [-0.15, -0.1) is 0 Å². The summed E-state index contributed by atoms with van der Waals surface area (Å²) >= 11 is 5.66. The minimum absolute atomic E-state index is 0.0297. The third kappa shape index (κ3) is 2.26. The van der Waals surface area contributed by atoms with E-state index in [2.05, 4.69) is 11.9 Å². The van der Waals surface area contributed by atoms with E-state index in [4.69, 9.17) is 16.9 Å². The number of nitrogens with zero attached hydrogens (tertiary/aromatic N) is 2. The Balaban J connectivity index is 2.35. The molecule has 5 nitrogen and oxygen atoms in total. The molecule has 1 atom stereocenters. The van der Waals surface area contributed by atoms with E-state index in [1.807, 2.05) is 6.07 Å². The first-order valence-corrected chi connectivity index (χ1v) is 6.24. The molecule has 20 heavy (non-hydrogen) atoms. The molecule has 1 unspecified atom stereocenters. The van der Waals surface area contributed by atoms with Gasteiger partial charge < -0.3 is 5.32 Å². The molecule has 2 rings (SSSR count). The van der Waals surface area contributed by atoms with E-state index in [1.165, 1.54) is 0 Å². The number of amides is 3. The fraction of sp³-hybridized carbons (Fsp3) is 0.214. The Morgan fingerprint density at radius 3 is 2.55 bits per heavy atom. The summed E-state index contributed by atoms with van der Waals surface area (Å²) in [6.07, 6.45) is 0. The fourth-order valence-electron chi connectivity index (χ4n) is 2.09. The van der Waals surface area contributed by atoms with E-state index < -0.39 is 17.5 Å². The highest BCUT2D eigenvalue weighted by Gasteiger charge is 2.48. The summed E-state index contributed by atoms with van der Waals surface area (Å²) in [5.41, 5.74) is -0.0603. The second kappa shape index (κ2) is 4.99. The number of hydrogen-bond donors (Lipinski definition) is 1. The number of halogens is 1. The SMILES string of the molecule is C=C(Cl)CN1C(=O)NC(C)(c2ccc(C#N)cc2)C1=O. The number of rotatable bonds is 3. The summed E-state index contributed by atoms with van der Waals surface area (Å²) in [5.74, 6) is -0.394. The van der Waals surface area contributed by atoms with Crippen LogP contribution in [0.4, 0.5) is 4.79 Å². The first kappa shape index (κ1) is 14.1. The van der Waals surface area contributed by atoms with Gasteiger partial charge in [0.2, 0.25) is 0 Å². The third-order valence-corrected chi connectivity index (χ3v) is 3.32. The van der Waals surface area contributed by atoms with Gasteiger partial charge in [-0.05, 0) is 24.6 Å². The molecule has 1 saturated heterocycles. The van der Waals surface area contributed by atoms with Gasteiger partial charge in [0.05, 0.1) is 18.2 Å². The standard InChI is InChI=1S/C14H12ClN3O2/c1-9(15)8-18-12(19)14(2,17-13(18)20)11-5-3-10(7-16)4-6-11/h3-6H,1,8H2,2H3,(H,17,20). The normalized spacial score (nSPS) is 21.6. The maximum Gasteiger partial charge on any atom is 0.325 e. The van der Waals surface area contributed by atoms with Crippen molar-refractivity contribution in [3.05, 3.63) is 47.0 Å². The number of nitriles is 1. The smallest absolute Gasteiger partial charge is 0.319 e. The number of carbonyl (C=O) groups excluding carboxylic acids is 2. The molecule has 1 heterocycles. The molecular formula is C14H12ClN3O2. The Kier molecular flexibility index (Phi) is 3.51. The topological polar surface area (TPSA) is 73.2 Å². The van der Waals surface area contributed by atoms with Crippen molar-refractivity contribution in [3.63, 3.8) is 0 Å². The highest BCUT2D eigenvalue weighted by atomic mass is 35.5. The maximum atomic E-state index is 12.4. The number of urea groups is 1. The van der Waals surface area contributed by atoms with Crippen LogP contribution in [0.2, 0.25) is 0 Å². The summed E-state index contributed by atoms with van der Waals surface area (Å²) in [5, 5.41) is 11.6. The van der Waals surface area contributed by atoms with Gasteiger partial charge in [0, 0.05) is 5.03 Å². The largest absolute Gasteiger partial charge is 0.325 e. The Morgan fingerprint density at radius 2 is 2.05 bits per heavy atom. The lowest BCUT2D eigenvalue weighted by atomic mass is 9.91. The number of imide groups is 1. The van der Waals surface area contributed by atoms with Gasteiger partial charge in [-0.3, -0.25) is 9.69 Å². The predicted octanol–water partition coefficient (Wildman–Crippen LogP) is 2.08. The molecule has 0 radical (unpaired) electrons. The molecular weight excluding hydrogens is 278 g/mol. The van der Waals surface area contributed by atoms with Crippen LogP contribution in [-0.2, 0) is 10.3 Å². The number of hydrogen-bond acceptors (Lipinski definition) is 3. The number of carbonyl (C=O) groups is 2. The van der Waals surface area contributed by atoms with Gasteiger partial charge in [0.1, 0.15) is 5.54 Å². The molecule has 0 bridgehead atoms. The van der Waals surface area contributed by atoms with Crippen molar-refractivity contribution in [2.75, 3.05) is 6.54 Å². The minimum Gasteiger partial charge on any atom is -0.319 e. The molecule has 1 aromatic rings. The maximum absolute atomic E-state index is 12.4. The molecule has 1 aliphatic heterocycles. The Hall–Kier alpha value is -2.32. The van der Waals surface area contributed by atoms with Crippen LogP contribution in [-0.4, -0.2) is 23.4 Å². The molecule has 1 aliphatic rings. The predicted molar refractivity (Wildman–Crippen MR) is 73.7 cm³/mol. The average Bonchev–Trinajstić information content (AvgIpc) is 2.63. The van der Waals surface area contributed by atoms with Crippen molar-refractivity contribution < 1.29 is 9.59 Å². The molecule has 0 aromatic heterocycles. The molecule has 102 valence electrons. The van der Waals surface area contributed by atoms with Gasteiger partial charge in [-0.2, -0.15) is 5.26 Å². The quantitative estimate of drug-likeness (QED) is 0.866. The summed E-state index contributed by atoms with van der Waals surface area (Å²) in [6, 6.07) is 7.99. The van der Waals surface area contributed by atoms with Gasteiger partial charge in [0.25, 0.3) is 5.91 Å². The first-order valence-electron chi connectivity index (χ1n) is 5.86. The van der Waals surface area contributed by atoms with Crippen molar-refractivity contribution in [1.29, 1.82) is 5.26 Å². The van der Waals surface area contributed by atoms with Gasteiger partial charge in [-0.25, -0.2) is 4.79 Å². The zero-order valence-electron chi connectivity index (χ0n) is 10.8. The molecule has 3 amide bonds. The molecule has 0 saturated carbocycles. The van der Waals surface area contributed by atoms with Crippen molar-refractivity contribution >= 4 is 23.5 Å². The molecule has 1 aromatic carbocycles. The lowest BCUT2D eigenvalue weighted by Gasteiger charge is -2.22. The lowest BCUT2D eigenvalue weighted by molar-refractivity contribution is -0.130. The monoisotopic (exact) mass is 289 g/mol. The lowest BCUT2D eigenvalue weighted by Crippen LogP contribution is -2.41. The van der Waals surface area contributed by atoms with Crippen molar-refractivity contribution in [1.82, 2.24) is 10.2 Å². The Labute approximate surface area is 121 Å². The molecule has 1 N–H and O–H groups in total. The molecule has 1 fully saturated rings. The average molecular weight is 290 g/mol. The van der Waals surface area contributed by atoms with Crippen LogP contribution in [0.25, 0.3) is 0 Å². The van der Waals surface area contributed by atoms with E-state index in [-0.39, 0.29) is 11.6 Å². The van der Waals surface area contributed by atoms with E-state index in [0.29, 0.717) is 11.1 Å². The van der Waals surface area contributed by atoms with Gasteiger partial charge >= 0.3 is 6.03 Å². The molecule has 0 spiro atoms. The minimum atomic E-state index is -1.16. The van der Waals surface area contributed by atoms with E-state index in [9.17, 15) is 9.59 Å². The summed E-state index contributed by atoms with van der Waals surface area (Å²) in [4.78, 5) is 25.3. The van der Waals surface area contributed by atoms with Crippen LogP contribution in [0, 0.1) is 11.3 Å². The van der Waals surface area contributed by atoms with E-state index >= 15 is 0 Å². The van der Waals surface area contributed by atoms with Gasteiger partial charge in [0.15, 0.2) is 0 Å². The Bertz CT molecular complexity index is 633. The van der Waals surface area contributed by atoms with Crippen LogP contribution in [0.1, 0.15) is 18.1 Å². The van der Waals surface area contributed by atoms with Crippen LogP contribution in [0.5, 0.6) is 0 Å². The van der Waals surface area contributed by atoms with Crippen molar-refractivity contribution in [2.24, 2.45) is 0 Å². The molecule has 0 aliphatic carbocycles. The van der Waals surface area contributed by atoms with E-state index in [0.717, 1.165) is 4.90 Å². The number of benzene rings is 1. The second-order valence-corrected chi connectivity index (χ2v) is 5.19. The number of nitrogens with one attached hydrogen (secondary N) is 1. The first-order chi connectivity index (χ1) is 9.38. The second-order valence-electron chi connectivity index (χ2n) is 4.65. The summed E-state index contributed by atoms with van der Waals surface area (Å²) < 4.78 is 0. The van der Waals surface area contributed by atoms with Crippen LogP contribution >= 0.6 is 11.6 Å². The van der Waals surface area contributed by atoms with E-state index in [1.54, 1.807) is 31.2 Å².